The third-order valence-electron chi connectivity index (χ3n) is 6.39. The average Bonchev–Trinajstić information content (AvgIpc) is 2.93. The summed E-state index contributed by atoms with van der Waals surface area (Å²) in [5.74, 6) is -1.04. The maximum atomic E-state index is 13.5. The van der Waals surface area contributed by atoms with Crippen LogP contribution >= 0.6 is 11.8 Å². The maximum absolute atomic E-state index is 13.5. The van der Waals surface area contributed by atoms with Crippen LogP contribution in [0.1, 0.15) is 30.0 Å². The summed E-state index contributed by atoms with van der Waals surface area (Å²) >= 11 is 1.41. The number of aliphatic carboxylic acids is 1. The molecule has 0 saturated heterocycles. The van der Waals surface area contributed by atoms with Gasteiger partial charge < -0.3 is 14.7 Å². The van der Waals surface area contributed by atoms with Crippen LogP contribution in [0, 0.1) is 0 Å². The molecule has 3 unspecified atom stereocenters. The molecule has 12 heteroatoms. The third kappa shape index (κ3) is 9.60. The Balaban J connectivity index is 1.62. The highest BCUT2D eigenvalue weighted by Gasteiger charge is 2.37. The number of hydrogen-bond acceptors (Lipinski definition) is 10. The number of carbonyl (C=O) groups excluding carboxylic acids is 2. The van der Waals surface area contributed by atoms with E-state index in [0.29, 0.717) is 24.3 Å². The molecule has 1 aliphatic rings. The molecule has 2 aromatic carbocycles. The van der Waals surface area contributed by atoms with Crippen molar-refractivity contribution < 1.29 is 39.5 Å². The van der Waals surface area contributed by atoms with E-state index in [1.54, 1.807) is 6.92 Å². The molecule has 1 aliphatic heterocycles. The van der Waals surface area contributed by atoms with Crippen LogP contribution in [0.3, 0.4) is 0 Å². The highest BCUT2D eigenvalue weighted by molar-refractivity contribution is 7.99. The molecule has 0 spiro atoms. The summed E-state index contributed by atoms with van der Waals surface area (Å²) < 4.78 is 5.46. The summed E-state index contributed by atoms with van der Waals surface area (Å²) in [6.45, 7) is 2.01. The van der Waals surface area contributed by atoms with E-state index < -0.39 is 36.0 Å². The van der Waals surface area contributed by atoms with Gasteiger partial charge in [-0.3, -0.25) is 25.3 Å². The fourth-order valence-corrected chi connectivity index (χ4v) is 5.00. The topological polar surface area (TPSA) is 149 Å². The van der Waals surface area contributed by atoms with E-state index in [-0.39, 0.29) is 31.6 Å². The summed E-state index contributed by atoms with van der Waals surface area (Å²) in [5.41, 5.74) is 2.85. The molecule has 0 aliphatic carbocycles. The van der Waals surface area contributed by atoms with Crippen molar-refractivity contribution in [1.82, 2.24) is 15.6 Å². The van der Waals surface area contributed by atoms with Gasteiger partial charge in [-0.15, -0.1) is 0 Å². The van der Waals surface area contributed by atoms with Gasteiger partial charge in [-0.05, 0) is 36.5 Å². The van der Waals surface area contributed by atoms with Gasteiger partial charge in [0.05, 0.1) is 18.0 Å². The van der Waals surface area contributed by atoms with Crippen molar-refractivity contribution >= 4 is 29.6 Å². The number of nitrogens with one attached hydrogen (secondary N) is 1. The lowest BCUT2D eigenvalue weighted by molar-refractivity contribution is -0.490. The summed E-state index contributed by atoms with van der Waals surface area (Å²) in [7, 11) is 0. The quantitative estimate of drug-likeness (QED) is 0.144. The Bertz CT molecular complexity index is 1090. The van der Waals surface area contributed by atoms with Crippen molar-refractivity contribution in [1.29, 1.82) is 0 Å². The van der Waals surface area contributed by atoms with Crippen molar-refractivity contribution in [2.45, 2.75) is 50.9 Å². The molecule has 0 bridgehead atoms. The van der Waals surface area contributed by atoms with Crippen LogP contribution in [0.15, 0.2) is 54.6 Å². The first kappa shape index (κ1) is 30.5. The number of rotatable bonds is 15. The van der Waals surface area contributed by atoms with Crippen LogP contribution in [0.25, 0.3) is 0 Å². The molecule has 1 amide bonds. The highest BCUT2D eigenvalue weighted by Crippen LogP contribution is 2.24. The van der Waals surface area contributed by atoms with Gasteiger partial charge in [-0.2, -0.15) is 11.8 Å². The Morgan fingerprint density at radius 2 is 1.72 bits per heavy atom. The van der Waals surface area contributed by atoms with Crippen LogP contribution in [-0.2, 0) is 43.3 Å². The number of carboxylic acids is 1. The Morgan fingerprint density at radius 1 is 1.05 bits per heavy atom. The number of ether oxygens (including phenoxy) is 1. The molecular weight excluding hydrogens is 526 g/mol. The number of hydrogen-bond donors (Lipinski definition) is 4. The summed E-state index contributed by atoms with van der Waals surface area (Å²) in [5, 5.41) is 29.6. The minimum absolute atomic E-state index is 0.0742. The van der Waals surface area contributed by atoms with E-state index in [4.69, 9.17) is 15.2 Å². The lowest BCUT2D eigenvalue weighted by atomic mass is 9.93. The van der Waals surface area contributed by atoms with Gasteiger partial charge in [0.2, 0.25) is 5.91 Å². The van der Waals surface area contributed by atoms with Gasteiger partial charge in [0.15, 0.2) is 0 Å². The molecule has 212 valence electrons. The predicted molar refractivity (Wildman–Crippen MR) is 143 cm³/mol. The molecule has 3 atom stereocenters. The molecule has 0 radical (unpaired) electrons. The molecule has 11 nitrogen and oxygen atoms in total. The predicted octanol–water partition coefficient (Wildman–Crippen LogP) is 2.29. The number of amides is 1. The van der Waals surface area contributed by atoms with Crippen molar-refractivity contribution in [3.8, 4) is 0 Å². The van der Waals surface area contributed by atoms with E-state index in [1.807, 2.05) is 54.6 Å². The molecule has 39 heavy (non-hydrogen) atoms. The second-order valence-electron chi connectivity index (χ2n) is 9.12. The van der Waals surface area contributed by atoms with Crippen molar-refractivity contribution in [3.63, 3.8) is 0 Å². The van der Waals surface area contributed by atoms with E-state index in [0.717, 1.165) is 16.7 Å². The molecule has 4 N–H and O–H groups in total. The van der Waals surface area contributed by atoms with Crippen LogP contribution in [0.2, 0.25) is 0 Å². The molecule has 0 saturated carbocycles. The number of esters is 1. The Morgan fingerprint density at radius 3 is 2.41 bits per heavy atom. The first-order chi connectivity index (χ1) is 18.8. The number of nitrogens with zero attached hydrogens (tertiary/aromatic N) is 2. The summed E-state index contributed by atoms with van der Waals surface area (Å²) in [6.07, 6.45) is 1.19. The second-order valence-corrected chi connectivity index (χ2v) is 10.3. The minimum atomic E-state index is -1.07. The largest absolute Gasteiger partial charge is 0.480 e. The molecule has 0 fully saturated rings. The SMILES string of the molecule is CC(NC(CCc1ccccc1)C(=O)OCCSCCON(O)O)C(=O)N1Cc2ccccc2CC1C(=O)O. The Kier molecular flexibility index (Phi) is 12.2. The number of benzene rings is 2. The van der Waals surface area contributed by atoms with E-state index in [1.165, 1.54) is 16.7 Å². The first-order valence-corrected chi connectivity index (χ1v) is 13.9. The summed E-state index contributed by atoms with van der Waals surface area (Å²) in [6, 6.07) is 14.5. The maximum Gasteiger partial charge on any atom is 0.326 e. The van der Waals surface area contributed by atoms with Gasteiger partial charge >= 0.3 is 11.9 Å². The fraction of sp³-hybridized carbons (Fsp3) is 0.444. The van der Waals surface area contributed by atoms with Gasteiger partial charge in [-0.1, -0.05) is 54.6 Å². The average molecular weight is 562 g/mol. The second kappa shape index (κ2) is 15.6. The lowest BCUT2D eigenvalue weighted by Crippen LogP contribution is -2.56. The van der Waals surface area contributed by atoms with E-state index in [2.05, 4.69) is 10.2 Å². The Hall–Kier alpha value is -3.00. The third-order valence-corrected chi connectivity index (χ3v) is 7.30. The van der Waals surface area contributed by atoms with Crippen LogP contribution in [0.5, 0.6) is 0 Å². The summed E-state index contributed by atoms with van der Waals surface area (Å²) in [4.78, 5) is 44.3. The van der Waals surface area contributed by atoms with Gasteiger partial charge in [-0.25, -0.2) is 9.63 Å². The molecule has 3 rings (SSSR count). The number of thioether (sulfide) groups is 1. The molecule has 0 aromatic heterocycles. The molecule has 1 heterocycles. The highest BCUT2D eigenvalue weighted by atomic mass is 32.2. The van der Waals surface area contributed by atoms with E-state index in [9.17, 15) is 19.5 Å². The van der Waals surface area contributed by atoms with Crippen molar-refractivity contribution in [2.24, 2.45) is 0 Å². The number of carbonyl (C=O) groups is 3. The standard InChI is InChI=1S/C27H35N3O8S/c1-19(25(31)29-18-22-10-6-5-9-21(22)17-24(29)26(32)33)28-23(12-11-20-7-3-2-4-8-20)27(34)37-13-15-39-16-14-38-30(35)36/h2-10,19,23-24,28,35-36H,11-18H2,1H3,(H,32,33). The van der Waals surface area contributed by atoms with Crippen molar-refractivity contribution in [3.05, 3.63) is 71.3 Å². The van der Waals surface area contributed by atoms with Crippen molar-refractivity contribution in [2.75, 3.05) is 24.7 Å². The number of aryl methyl sites for hydroxylation is 1. The zero-order chi connectivity index (χ0) is 28.2. The lowest BCUT2D eigenvalue weighted by Gasteiger charge is -2.36. The number of carboxylic acid groups (broad SMARTS) is 1. The Labute approximate surface area is 231 Å². The zero-order valence-corrected chi connectivity index (χ0v) is 22.6. The van der Waals surface area contributed by atoms with Crippen LogP contribution in [-0.4, -0.2) is 86.5 Å². The minimum Gasteiger partial charge on any atom is -0.480 e. The zero-order valence-electron chi connectivity index (χ0n) is 21.8. The normalized spacial score (nSPS) is 16.4. The monoisotopic (exact) mass is 561 g/mol. The van der Waals surface area contributed by atoms with Crippen LogP contribution in [0.4, 0.5) is 0 Å². The molecular formula is C27H35N3O8S. The fourth-order valence-electron chi connectivity index (χ4n) is 4.40. The first-order valence-electron chi connectivity index (χ1n) is 12.7. The molecule has 2 aromatic rings. The number of fused-ring (bicyclic) bond motifs is 1. The smallest absolute Gasteiger partial charge is 0.326 e. The van der Waals surface area contributed by atoms with Crippen LogP contribution < -0.4 is 5.32 Å². The van der Waals surface area contributed by atoms with Gasteiger partial charge in [0.25, 0.3) is 0 Å². The van der Waals surface area contributed by atoms with Gasteiger partial charge in [0.1, 0.15) is 18.7 Å². The van der Waals surface area contributed by atoms with E-state index >= 15 is 0 Å². The van der Waals surface area contributed by atoms with Gasteiger partial charge in [0, 0.05) is 24.5 Å².